The Hall–Kier alpha value is -4.59. The highest BCUT2D eigenvalue weighted by molar-refractivity contribution is 6.21. The lowest BCUT2D eigenvalue weighted by molar-refractivity contribution is -0.160. The van der Waals surface area contributed by atoms with E-state index in [4.69, 9.17) is 18.9 Å². The number of hydrogen-bond acceptors (Lipinski definition) is 12. The van der Waals surface area contributed by atoms with Gasteiger partial charge in [0, 0.05) is 67.2 Å². The molecule has 13 heteroatoms. The molecule has 2 aromatic carbocycles. The number of fused-ring (bicyclic) bond motifs is 14. The van der Waals surface area contributed by atoms with Gasteiger partial charge in [-0.3, -0.25) is 14.4 Å². The lowest BCUT2D eigenvalue weighted by Gasteiger charge is -2.38. The molecule has 272 valence electrons. The van der Waals surface area contributed by atoms with Crippen molar-refractivity contribution < 1.29 is 58.9 Å². The number of benzene rings is 2. The van der Waals surface area contributed by atoms with Gasteiger partial charge >= 0.3 is 11.8 Å². The number of ketones is 1. The van der Waals surface area contributed by atoms with Crippen LogP contribution in [0.4, 0.5) is 5.69 Å². The van der Waals surface area contributed by atoms with Crippen molar-refractivity contribution in [3.05, 3.63) is 53.3 Å². The van der Waals surface area contributed by atoms with Crippen molar-refractivity contribution in [2.75, 3.05) is 12.4 Å². The van der Waals surface area contributed by atoms with Gasteiger partial charge in [0.2, 0.25) is 0 Å². The summed E-state index contributed by atoms with van der Waals surface area (Å²) < 4.78 is 23.2. The molecule has 2 aromatic rings. The van der Waals surface area contributed by atoms with Gasteiger partial charge in [-0.05, 0) is 19.9 Å². The summed E-state index contributed by atoms with van der Waals surface area (Å²) in [5, 5.41) is 58.2. The molecule has 9 atom stereocenters. The molecule has 13 nitrogen and oxygen atoms in total. The van der Waals surface area contributed by atoms with Crippen LogP contribution in [0.3, 0.4) is 0 Å². The summed E-state index contributed by atoms with van der Waals surface area (Å²) in [5.41, 5.74) is -0.0929. The molecular formula is C37H47NO12. The van der Waals surface area contributed by atoms with Crippen LogP contribution in [0.15, 0.2) is 42.2 Å². The molecule has 0 saturated carbocycles. The van der Waals surface area contributed by atoms with Crippen molar-refractivity contribution in [3.8, 4) is 23.0 Å². The first kappa shape index (κ1) is 38.2. The number of methoxy groups -OCH3 is 1. The number of carbonyl (C=O) groups excluding carboxylic acids is 3. The molecule has 0 fully saturated rings. The average molecular weight is 698 g/mol. The van der Waals surface area contributed by atoms with Gasteiger partial charge in [-0.25, -0.2) is 0 Å². The van der Waals surface area contributed by atoms with Gasteiger partial charge in [-0.2, -0.15) is 0 Å². The highest BCUT2D eigenvalue weighted by atomic mass is 16.7. The average Bonchev–Trinajstić information content (AvgIpc) is 3.33. The Morgan fingerprint density at radius 1 is 0.940 bits per heavy atom. The van der Waals surface area contributed by atoms with E-state index in [1.54, 1.807) is 39.8 Å². The second kappa shape index (κ2) is 14.7. The third kappa shape index (κ3) is 7.03. The van der Waals surface area contributed by atoms with Gasteiger partial charge in [0.25, 0.3) is 11.7 Å². The largest absolute Gasteiger partial charge is 0.507 e. The van der Waals surface area contributed by atoms with Crippen LogP contribution in [0.25, 0.3) is 10.8 Å². The van der Waals surface area contributed by atoms with Crippen molar-refractivity contribution in [2.45, 2.75) is 85.6 Å². The lowest BCUT2D eigenvalue weighted by atomic mass is 9.78. The highest BCUT2D eigenvalue weighted by Gasteiger charge is 2.49. The minimum absolute atomic E-state index is 0.0709. The SMILES string of the molecule is CO[C@@H]1/C=C/O[C@]2(C)Oc3c(C)c(O)c4c(O)c(cc(O)c4c3C2=O)NC(=O)/C(C)=C/C=C/[C@H](C)[C@@H](O)[C@H](C)[C@H](O)[C@H](C)[C@H](OC(C)=O)[C@@H]1C. The number of esters is 1. The zero-order chi connectivity index (χ0) is 37.4. The van der Waals surface area contributed by atoms with E-state index >= 15 is 0 Å². The minimum Gasteiger partial charge on any atom is -0.507 e. The number of anilines is 1. The van der Waals surface area contributed by atoms with Gasteiger partial charge in [0.1, 0.15) is 23.4 Å². The Kier molecular flexibility index (Phi) is 11.2. The fraction of sp³-hybridized carbons (Fsp3) is 0.486. The maximum Gasteiger partial charge on any atom is 0.312 e. The summed E-state index contributed by atoms with van der Waals surface area (Å²) in [6, 6.07) is 1.06. The third-order valence-corrected chi connectivity index (χ3v) is 9.84. The van der Waals surface area contributed by atoms with Crippen molar-refractivity contribution in [1.82, 2.24) is 0 Å². The summed E-state index contributed by atoms with van der Waals surface area (Å²) in [4.78, 5) is 39.2. The zero-order valence-corrected chi connectivity index (χ0v) is 29.7. The van der Waals surface area contributed by atoms with E-state index in [1.807, 2.05) is 0 Å². The van der Waals surface area contributed by atoms with E-state index in [0.29, 0.717) is 0 Å². The van der Waals surface area contributed by atoms with E-state index in [1.165, 1.54) is 53.2 Å². The number of allylic oxidation sites excluding steroid dienone is 2. The van der Waals surface area contributed by atoms with E-state index < -0.39 is 88.8 Å². The van der Waals surface area contributed by atoms with Crippen LogP contribution in [0, 0.1) is 30.6 Å². The van der Waals surface area contributed by atoms with E-state index in [9.17, 15) is 39.9 Å². The van der Waals surface area contributed by atoms with Crippen LogP contribution >= 0.6 is 0 Å². The molecule has 0 unspecified atom stereocenters. The smallest absolute Gasteiger partial charge is 0.312 e. The topological polar surface area (TPSA) is 201 Å². The maximum atomic E-state index is 13.9. The number of Topliss-reactive ketones (excluding diaryl/α,β-unsaturated/α-hetero) is 1. The fourth-order valence-corrected chi connectivity index (χ4v) is 6.65. The monoisotopic (exact) mass is 697 g/mol. The second-order valence-corrected chi connectivity index (χ2v) is 13.4. The van der Waals surface area contributed by atoms with Crippen LogP contribution in [0.2, 0.25) is 0 Å². The van der Waals surface area contributed by atoms with Gasteiger partial charge in [-0.1, -0.05) is 45.9 Å². The number of ether oxygens (including phenoxy) is 4. The van der Waals surface area contributed by atoms with Crippen LogP contribution < -0.4 is 10.1 Å². The molecular weight excluding hydrogens is 650 g/mol. The Labute approximate surface area is 290 Å². The Morgan fingerprint density at radius 2 is 1.60 bits per heavy atom. The Bertz CT molecular complexity index is 1760. The number of aliphatic hydroxyl groups is 2. The molecule has 3 aliphatic heterocycles. The van der Waals surface area contributed by atoms with Crippen molar-refractivity contribution in [1.29, 1.82) is 0 Å². The fourth-order valence-electron chi connectivity index (χ4n) is 6.65. The zero-order valence-electron chi connectivity index (χ0n) is 29.7. The van der Waals surface area contributed by atoms with E-state index in [0.717, 1.165) is 6.07 Å². The number of aliphatic hydroxyl groups excluding tert-OH is 2. The van der Waals surface area contributed by atoms with Gasteiger partial charge in [-0.15, -0.1) is 0 Å². The third-order valence-electron chi connectivity index (χ3n) is 9.84. The van der Waals surface area contributed by atoms with Crippen molar-refractivity contribution in [3.63, 3.8) is 0 Å². The van der Waals surface area contributed by atoms with E-state index in [-0.39, 0.29) is 38.9 Å². The van der Waals surface area contributed by atoms with Crippen LogP contribution in [-0.4, -0.2) is 80.5 Å². The first-order valence-corrected chi connectivity index (χ1v) is 16.4. The number of hydrogen-bond donors (Lipinski definition) is 6. The highest BCUT2D eigenvalue weighted by Crippen LogP contribution is 2.53. The summed E-state index contributed by atoms with van der Waals surface area (Å²) in [6.07, 6.45) is 3.62. The Balaban J connectivity index is 1.87. The number of amides is 1. The summed E-state index contributed by atoms with van der Waals surface area (Å²) in [7, 11) is 1.43. The lowest BCUT2D eigenvalue weighted by Crippen LogP contribution is -2.46. The van der Waals surface area contributed by atoms with Gasteiger partial charge in [0.15, 0.2) is 5.75 Å². The number of carbonyl (C=O) groups is 3. The quantitative estimate of drug-likeness (QED) is 0.143. The molecule has 0 radical (unpaired) electrons. The predicted molar refractivity (Wildman–Crippen MR) is 184 cm³/mol. The molecule has 5 bridgehead atoms. The number of nitrogens with one attached hydrogen (secondary N) is 1. The van der Waals surface area contributed by atoms with Crippen LogP contribution in [-0.2, 0) is 23.8 Å². The standard InChI is InChI=1S/C37H47NO12/c1-16-11-10-12-17(2)36(46)38-23-15-24(40)26-27(32(23)44)31(43)21(6)34-28(26)35(45)37(8,50-34)48-14-13-25(47-9)18(3)33(49-22(7)39)20(5)30(42)19(4)29(16)41/h10-16,18-20,25,29-30,33,40-44H,1-9H3,(H,38,46)/b11-10+,14-13+,17-12+/t16-,18+,19-,20-,25+,29+,30-,33+,37+/m0/s1. The molecule has 3 heterocycles. The summed E-state index contributed by atoms with van der Waals surface area (Å²) >= 11 is 0. The minimum atomic E-state index is -1.98. The summed E-state index contributed by atoms with van der Waals surface area (Å²) in [6.45, 7) is 12.5. The maximum absolute atomic E-state index is 13.9. The normalized spacial score (nSPS) is 33.2. The number of rotatable bonds is 2. The van der Waals surface area contributed by atoms with Crippen LogP contribution in [0.5, 0.6) is 23.0 Å². The molecule has 50 heavy (non-hydrogen) atoms. The number of aromatic hydroxyl groups is 3. The molecule has 0 spiro atoms. The molecule has 0 aliphatic carbocycles. The predicted octanol–water partition coefficient (Wildman–Crippen LogP) is 4.75. The second-order valence-electron chi connectivity index (χ2n) is 13.4. The molecule has 5 rings (SSSR count). The summed E-state index contributed by atoms with van der Waals surface area (Å²) in [5.74, 6) is -7.99. The first-order chi connectivity index (χ1) is 23.4. The first-order valence-electron chi connectivity index (χ1n) is 16.4. The van der Waals surface area contributed by atoms with Crippen LogP contribution in [0.1, 0.15) is 64.4 Å². The number of phenolic OH excluding ortho intramolecular Hbond substituents is 3. The molecule has 0 aromatic heterocycles. The van der Waals surface area contributed by atoms with Crippen molar-refractivity contribution in [2.24, 2.45) is 23.7 Å². The molecule has 3 aliphatic rings. The van der Waals surface area contributed by atoms with Gasteiger partial charge < -0.3 is 49.8 Å². The van der Waals surface area contributed by atoms with E-state index in [2.05, 4.69) is 5.32 Å². The number of phenols is 3. The van der Waals surface area contributed by atoms with Crippen molar-refractivity contribution >= 4 is 34.1 Å². The molecule has 0 saturated heterocycles. The van der Waals surface area contributed by atoms with Gasteiger partial charge in [0.05, 0.1) is 41.2 Å². The molecule has 1 amide bonds. The Morgan fingerprint density at radius 3 is 2.22 bits per heavy atom. The molecule has 6 N–H and O–H groups in total.